The Morgan fingerprint density at radius 3 is 2.86 bits per heavy atom. The van der Waals surface area contributed by atoms with Crippen LogP contribution in [0.15, 0.2) is 9.90 Å². The number of ether oxygens (including phenoxy) is 2. The van der Waals surface area contributed by atoms with Gasteiger partial charge in [0.05, 0.1) is 12.2 Å². The standard InChI is InChI=1S/C14H16N2O4S/c1-8-10(9(2)20-15-8)6-16(3)14(17)13-12-11(7-21-13)18-4-5-19-12/h7H,4-6H2,1-3H3. The van der Waals surface area contributed by atoms with Gasteiger partial charge in [-0.05, 0) is 13.8 Å². The molecule has 1 aliphatic heterocycles. The maximum atomic E-state index is 12.6. The molecule has 0 atom stereocenters. The fraction of sp³-hybridized carbons (Fsp3) is 0.429. The summed E-state index contributed by atoms with van der Waals surface area (Å²) in [5, 5.41) is 5.72. The van der Waals surface area contributed by atoms with Crippen LogP contribution in [-0.4, -0.2) is 36.2 Å². The monoisotopic (exact) mass is 308 g/mol. The van der Waals surface area contributed by atoms with Crippen molar-refractivity contribution in [2.75, 3.05) is 20.3 Å². The number of amides is 1. The Hall–Kier alpha value is -2.02. The van der Waals surface area contributed by atoms with Crippen LogP contribution in [0.2, 0.25) is 0 Å². The minimum Gasteiger partial charge on any atom is -0.485 e. The third-order valence-electron chi connectivity index (χ3n) is 3.42. The van der Waals surface area contributed by atoms with E-state index in [1.807, 2.05) is 19.2 Å². The van der Waals surface area contributed by atoms with E-state index < -0.39 is 0 Å². The Labute approximate surface area is 126 Å². The second-order valence-electron chi connectivity index (χ2n) is 4.92. The molecule has 0 spiro atoms. The number of rotatable bonds is 3. The summed E-state index contributed by atoms with van der Waals surface area (Å²) >= 11 is 1.34. The minimum absolute atomic E-state index is 0.0910. The fourth-order valence-corrected chi connectivity index (χ4v) is 3.14. The molecule has 0 unspecified atom stereocenters. The first kappa shape index (κ1) is 13.9. The molecule has 0 N–H and O–H groups in total. The van der Waals surface area contributed by atoms with Gasteiger partial charge < -0.3 is 18.9 Å². The second-order valence-corrected chi connectivity index (χ2v) is 5.80. The molecular formula is C14H16N2O4S. The zero-order chi connectivity index (χ0) is 15.0. The number of carbonyl (C=O) groups excluding carboxylic acids is 1. The van der Waals surface area contributed by atoms with Crippen molar-refractivity contribution in [3.8, 4) is 11.5 Å². The molecule has 2 aromatic rings. The maximum absolute atomic E-state index is 12.6. The normalized spacial score (nSPS) is 13.3. The highest BCUT2D eigenvalue weighted by molar-refractivity contribution is 7.12. The lowest BCUT2D eigenvalue weighted by Gasteiger charge is -2.19. The summed E-state index contributed by atoms with van der Waals surface area (Å²) in [7, 11) is 1.75. The summed E-state index contributed by atoms with van der Waals surface area (Å²) in [4.78, 5) is 14.8. The van der Waals surface area contributed by atoms with E-state index in [4.69, 9.17) is 14.0 Å². The molecule has 7 heteroatoms. The highest BCUT2D eigenvalue weighted by Crippen LogP contribution is 2.39. The van der Waals surface area contributed by atoms with Crippen molar-refractivity contribution in [3.05, 3.63) is 27.3 Å². The quantitative estimate of drug-likeness (QED) is 0.871. The zero-order valence-corrected chi connectivity index (χ0v) is 13.0. The number of hydrogen-bond donors (Lipinski definition) is 0. The van der Waals surface area contributed by atoms with Gasteiger partial charge >= 0.3 is 0 Å². The fourth-order valence-electron chi connectivity index (χ4n) is 2.22. The van der Waals surface area contributed by atoms with Crippen LogP contribution in [0.3, 0.4) is 0 Å². The van der Waals surface area contributed by atoms with Crippen molar-refractivity contribution in [1.82, 2.24) is 10.1 Å². The molecule has 1 aliphatic rings. The van der Waals surface area contributed by atoms with Gasteiger partial charge in [-0.25, -0.2) is 0 Å². The van der Waals surface area contributed by atoms with Crippen molar-refractivity contribution < 1.29 is 18.8 Å². The molecule has 2 aromatic heterocycles. The molecule has 0 radical (unpaired) electrons. The van der Waals surface area contributed by atoms with E-state index in [0.29, 0.717) is 36.1 Å². The van der Waals surface area contributed by atoms with Crippen LogP contribution >= 0.6 is 11.3 Å². The number of carbonyl (C=O) groups is 1. The third-order valence-corrected chi connectivity index (χ3v) is 4.35. The van der Waals surface area contributed by atoms with Crippen LogP contribution in [0.4, 0.5) is 0 Å². The van der Waals surface area contributed by atoms with Gasteiger partial charge in [0.2, 0.25) is 0 Å². The number of aromatic nitrogens is 1. The van der Waals surface area contributed by atoms with Gasteiger partial charge in [-0.2, -0.15) is 0 Å². The first-order chi connectivity index (χ1) is 10.1. The van der Waals surface area contributed by atoms with E-state index in [1.165, 1.54) is 11.3 Å². The summed E-state index contributed by atoms with van der Waals surface area (Å²) in [6.45, 7) is 5.16. The van der Waals surface area contributed by atoms with Crippen molar-refractivity contribution in [3.63, 3.8) is 0 Å². The van der Waals surface area contributed by atoms with Gasteiger partial charge in [0.15, 0.2) is 11.5 Å². The molecule has 0 saturated heterocycles. The molecule has 1 amide bonds. The Kier molecular flexibility index (Phi) is 3.59. The van der Waals surface area contributed by atoms with Gasteiger partial charge in [-0.1, -0.05) is 5.16 Å². The summed E-state index contributed by atoms with van der Waals surface area (Å²) in [5.74, 6) is 1.86. The number of hydrogen-bond acceptors (Lipinski definition) is 6. The lowest BCUT2D eigenvalue weighted by atomic mass is 10.2. The molecule has 0 bridgehead atoms. The van der Waals surface area contributed by atoms with E-state index in [1.54, 1.807) is 11.9 Å². The van der Waals surface area contributed by atoms with Crippen molar-refractivity contribution >= 4 is 17.2 Å². The maximum Gasteiger partial charge on any atom is 0.267 e. The largest absolute Gasteiger partial charge is 0.485 e. The number of nitrogens with zero attached hydrogens (tertiary/aromatic N) is 2. The summed E-state index contributed by atoms with van der Waals surface area (Å²) < 4.78 is 16.2. The Morgan fingerprint density at radius 2 is 2.14 bits per heavy atom. The lowest BCUT2D eigenvalue weighted by molar-refractivity contribution is 0.0780. The van der Waals surface area contributed by atoms with Crippen molar-refractivity contribution in [2.24, 2.45) is 0 Å². The molecule has 0 aliphatic carbocycles. The SMILES string of the molecule is Cc1noc(C)c1CN(C)C(=O)c1scc2c1OCCO2. The first-order valence-corrected chi connectivity index (χ1v) is 7.50. The van der Waals surface area contributed by atoms with Crippen molar-refractivity contribution in [2.45, 2.75) is 20.4 Å². The topological polar surface area (TPSA) is 64.8 Å². The van der Waals surface area contributed by atoms with E-state index in [2.05, 4.69) is 5.16 Å². The molecule has 0 saturated carbocycles. The van der Waals surface area contributed by atoms with Crippen LogP contribution in [0.5, 0.6) is 11.5 Å². The van der Waals surface area contributed by atoms with Crippen LogP contribution in [0.25, 0.3) is 0 Å². The lowest BCUT2D eigenvalue weighted by Crippen LogP contribution is -2.27. The highest BCUT2D eigenvalue weighted by Gasteiger charge is 2.26. The van der Waals surface area contributed by atoms with Gasteiger partial charge in [0.25, 0.3) is 5.91 Å². The molecule has 6 nitrogen and oxygen atoms in total. The van der Waals surface area contributed by atoms with E-state index >= 15 is 0 Å². The molecular weight excluding hydrogens is 292 g/mol. The van der Waals surface area contributed by atoms with Crippen LogP contribution in [0, 0.1) is 13.8 Å². The predicted molar refractivity (Wildman–Crippen MR) is 77.1 cm³/mol. The molecule has 0 aromatic carbocycles. The highest BCUT2D eigenvalue weighted by atomic mass is 32.1. The molecule has 3 rings (SSSR count). The van der Waals surface area contributed by atoms with E-state index in [0.717, 1.165) is 17.0 Å². The number of aryl methyl sites for hydroxylation is 2. The number of thiophene rings is 1. The van der Waals surface area contributed by atoms with Gasteiger partial charge in [-0.3, -0.25) is 4.79 Å². The van der Waals surface area contributed by atoms with Gasteiger partial charge in [0.1, 0.15) is 23.9 Å². The smallest absolute Gasteiger partial charge is 0.267 e. The summed E-state index contributed by atoms with van der Waals surface area (Å²) in [5.41, 5.74) is 1.74. The molecule has 3 heterocycles. The first-order valence-electron chi connectivity index (χ1n) is 6.62. The van der Waals surface area contributed by atoms with E-state index in [9.17, 15) is 4.79 Å². The Bertz CT molecular complexity index is 657. The Balaban J connectivity index is 1.80. The molecule has 112 valence electrons. The minimum atomic E-state index is -0.0910. The summed E-state index contributed by atoms with van der Waals surface area (Å²) in [6, 6.07) is 0. The Morgan fingerprint density at radius 1 is 1.38 bits per heavy atom. The van der Waals surface area contributed by atoms with Crippen LogP contribution in [0.1, 0.15) is 26.7 Å². The average molecular weight is 308 g/mol. The van der Waals surface area contributed by atoms with Gasteiger partial charge in [0, 0.05) is 18.0 Å². The predicted octanol–water partition coefficient (Wildman–Crippen LogP) is 2.40. The van der Waals surface area contributed by atoms with Gasteiger partial charge in [-0.15, -0.1) is 11.3 Å². The average Bonchev–Trinajstić information content (AvgIpc) is 3.05. The zero-order valence-electron chi connectivity index (χ0n) is 12.1. The summed E-state index contributed by atoms with van der Waals surface area (Å²) in [6.07, 6.45) is 0. The molecule has 0 fully saturated rings. The van der Waals surface area contributed by atoms with Crippen LogP contribution in [-0.2, 0) is 6.54 Å². The number of fused-ring (bicyclic) bond motifs is 1. The van der Waals surface area contributed by atoms with Crippen molar-refractivity contribution in [1.29, 1.82) is 0 Å². The second kappa shape index (κ2) is 5.40. The van der Waals surface area contributed by atoms with E-state index in [-0.39, 0.29) is 5.91 Å². The molecule has 21 heavy (non-hydrogen) atoms. The third kappa shape index (κ3) is 2.49. The van der Waals surface area contributed by atoms with Crippen LogP contribution < -0.4 is 9.47 Å².